The Hall–Kier alpha value is -1.69. The lowest BCUT2D eigenvalue weighted by Crippen LogP contribution is -2.37. The molecule has 108 valence electrons. The van der Waals surface area contributed by atoms with E-state index < -0.39 is 0 Å². The van der Waals surface area contributed by atoms with Crippen molar-refractivity contribution in [1.82, 2.24) is 9.88 Å². The molecular formula is C14H20N4OS. The van der Waals surface area contributed by atoms with Gasteiger partial charge in [-0.05, 0) is 31.9 Å². The van der Waals surface area contributed by atoms with E-state index in [-0.39, 0.29) is 5.91 Å². The Kier molecular flexibility index (Phi) is 4.54. The number of pyridine rings is 1. The van der Waals surface area contributed by atoms with Crippen molar-refractivity contribution >= 4 is 28.9 Å². The Morgan fingerprint density at radius 2 is 2.10 bits per heavy atom. The van der Waals surface area contributed by atoms with Crippen LogP contribution in [0, 0.1) is 6.92 Å². The average Bonchev–Trinajstić information content (AvgIpc) is 2.91. The average molecular weight is 292 g/mol. The number of aromatic nitrogens is 1. The third-order valence-corrected chi connectivity index (χ3v) is 3.68. The molecule has 0 aliphatic carbocycles. The number of likely N-dealkylation sites (tertiary alicyclic amines) is 1. The van der Waals surface area contributed by atoms with Crippen LogP contribution >= 0.6 is 12.2 Å². The second-order valence-electron chi connectivity index (χ2n) is 5.16. The summed E-state index contributed by atoms with van der Waals surface area (Å²) in [6.45, 7) is 3.95. The second-order valence-corrected chi connectivity index (χ2v) is 5.60. The van der Waals surface area contributed by atoms with Crippen LogP contribution in [0.15, 0.2) is 12.1 Å². The van der Waals surface area contributed by atoms with E-state index in [1.54, 1.807) is 0 Å². The van der Waals surface area contributed by atoms with Gasteiger partial charge in [-0.3, -0.25) is 4.79 Å². The summed E-state index contributed by atoms with van der Waals surface area (Å²) in [6.07, 6.45) is 2.20. The van der Waals surface area contributed by atoms with Crippen LogP contribution in [0.3, 0.4) is 0 Å². The van der Waals surface area contributed by atoms with Gasteiger partial charge < -0.3 is 15.5 Å². The maximum atomic E-state index is 12.1. The molecule has 1 amide bonds. The fraction of sp³-hybridized carbons (Fsp3) is 0.500. The van der Waals surface area contributed by atoms with Crippen molar-refractivity contribution in [3.63, 3.8) is 0 Å². The number of hydrogen-bond acceptors (Lipinski definition) is 4. The molecule has 5 nitrogen and oxygen atoms in total. The van der Waals surface area contributed by atoms with Gasteiger partial charge in [0.1, 0.15) is 10.8 Å². The van der Waals surface area contributed by atoms with Gasteiger partial charge in [0.15, 0.2) is 0 Å². The van der Waals surface area contributed by atoms with Crippen molar-refractivity contribution in [3.8, 4) is 0 Å². The van der Waals surface area contributed by atoms with Crippen LogP contribution in [0.2, 0.25) is 0 Å². The standard InChI is InChI=1S/C14H20N4OS/c1-10-7-11(14(15)20)8-12(16-10)17(2)9-13(19)18-5-3-4-6-18/h7-8H,3-6,9H2,1-2H3,(H2,15,20). The van der Waals surface area contributed by atoms with Crippen LogP contribution in [0.4, 0.5) is 5.82 Å². The number of thiocarbonyl (C=S) groups is 1. The molecule has 0 unspecified atom stereocenters. The quantitative estimate of drug-likeness (QED) is 0.842. The first-order valence-corrected chi connectivity index (χ1v) is 7.15. The highest BCUT2D eigenvalue weighted by molar-refractivity contribution is 7.80. The van der Waals surface area contributed by atoms with Crippen LogP contribution in [0.1, 0.15) is 24.1 Å². The van der Waals surface area contributed by atoms with E-state index in [9.17, 15) is 4.79 Å². The lowest BCUT2D eigenvalue weighted by atomic mass is 10.2. The summed E-state index contributed by atoms with van der Waals surface area (Å²) in [4.78, 5) is 20.7. The lowest BCUT2D eigenvalue weighted by molar-refractivity contribution is -0.128. The van der Waals surface area contributed by atoms with Gasteiger partial charge in [0.2, 0.25) is 5.91 Å². The van der Waals surface area contributed by atoms with Gasteiger partial charge in [-0.1, -0.05) is 12.2 Å². The smallest absolute Gasteiger partial charge is 0.242 e. The van der Waals surface area contributed by atoms with E-state index in [4.69, 9.17) is 18.0 Å². The third-order valence-electron chi connectivity index (χ3n) is 3.45. The molecule has 1 aromatic rings. The lowest BCUT2D eigenvalue weighted by Gasteiger charge is -2.22. The molecule has 2 N–H and O–H groups in total. The van der Waals surface area contributed by atoms with Crippen molar-refractivity contribution in [1.29, 1.82) is 0 Å². The second kappa shape index (κ2) is 6.17. The van der Waals surface area contributed by atoms with Crippen molar-refractivity contribution in [2.75, 3.05) is 31.6 Å². The van der Waals surface area contributed by atoms with Gasteiger partial charge in [-0.15, -0.1) is 0 Å². The van der Waals surface area contributed by atoms with E-state index in [1.165, 1.54) is 0 Å². The maximum Gasteiger partial charge on any atom is 0.242 e. The van der Waals surface area contributed by atoms with Gasteiger partial charge in [0.25, 0.3) is 0 Å². The molecule has 1 aliphatic rings. The highest BCUT2D eigenvalue weighted by Gasteiger charge is 2.19. The molecule has 1 aliphatic heterocycles. The first kappa shape index (κ1) is 14.7. The normalized spacial score (nSPS) is 14.4. The Bertz CT molecular complexity index is 526. The third kappa shape index (κ3) is 3.45. The summed E-state index contributed by atoms with van der Waals surface area (Å²) in [5, 5.41) is 0. The topological polar surface area (TPSA) is 62.5 Å². The molecule has 0 aromatic carbocycles. The fourth-order valence-corrected chi connectivity index (χ4v) is 2.46. The molecule has 1 fully saturated rings. The molecule has 0 spiro atoms. The van der Waals surface area contributed by atoms with Gasteiger partial charge in [-0.25, -0.2) is 4.98 Å². The predicted octanol–water partition coefficient (Wildman–Crippen LogP) is 1.08. The largest absolute Gasteiger partial charge is 0.389 e. The number of nitrogens with two attached hydrogens (primary N) is 1. The molecule has 0 bridgehead atoms. The number of carbonyl (C=O) groups excluding carboxylic acids is 1. The summed E-state index contributed by atoms with van der Waals surface area (Å²) in [5.41, 5.74) is 7.28. The Labute approximate surface area is 124 Å². The number of likely N-dealkylation sites (N-methyl/N-ethyl adjacent to an activating group) is 1. The van der Waals surface area contributed by atoms with Crippen molar-refractivity contribution < 1.29 is 4.79 Å². The van der Waals surface area contributed by atoms with Gasteiger partial charge in [0.05, 0.1) is 6.54 Å². The van der Waals surface area contributed by atoms with E-state index in [0.717, 1.165) is 43.0 Å². The zero-order valence-electron chi connectivity index (χ0n) is 11.9. The summed E-state index contributed by atoms with van der Waals surface area (Å²) >= 11 is 5.00. The number of nitrogens with zero attached hydrogens (tertiary/aromatic N) is 3. The zero-order chi connectivity index (χ0) is 14.7. The summed E-state index contributed by atoms with van der Waals surface area (Å²) in [6, 6.07) is 3.68. The summed E-state index contributed by atoms with van der Waals surface area (Å²) < 4.78 is 0. The van der Waals surface area contributed by atoms with Crippen molar-refractivity contribution in [2.24, 2.45) is 5.73 Å². The molecule has 6 heteroatoms. The molecule has 20 heavy (non-hydrogen) atoms. The SMILES string of the molecule is Cc1cc(C(N)=S)cc(N(C)CC(=O)N2CCCC2)n1. The predicted molar refractivity (Wildman–Crippen MR) is 83.9 cm³/mol. The highest BCUT2D eigenvalue weighted by atomic mass is 32.1. The van der Waals surface area contributed by atoms with Crippen LogP contribution in [-0.2, 0) is 4.79 Å². The van der Waals surface area contributed by atoms with Gasteiger partial charge in [-0.2, -0.15) is 0 Å². The van der Waals surface area contributed by atoms with E-state index in [0.29, 0.717) is 11.5 Å². The van der Waals surface area contributed by atoms with E-state index in [2.05, 4.69) is 4.98 Å². The minimum Gasteiger partial charge on any atom is -0.389 e. The first-order chi connectivity index (χ1) is 9.47. The zero-order valence-corrected chi connectivity index (χ0v) is 12.7. The Balaban J connectivity index is 2.10. The monoisotopic (exact) mass is 292 g/mol. The molecule has 1 aromatic heterocycles. The van der Waals surface area contributed by atoms with E-state index in [1.807, 2.05) is 35.9 Å². The van der Waals surface area contributed by atoms with Gasteiger partial charge in [0, 0.05) is 31.4 Å². The molecular weight excluding hydrogens is 272 g/mol. The minimum absolute atomic E-state index is 0.144. The van der Waals surface area contributed by atoms with Crippen LogP contribution in [0.25, 0.3) is 0 Å². The van der Waals surface area contributed by atoms with Gasteiger partial charge >= 0.3 is 0 Å². The number of carbonyl (C=O) groups is 1. The number of rotatable bonds is 4. The van der Waals surface area contributed by atoms with Crippen molar-refractivity contribution in [2.45, 2.75) is 19.8 Å². The van der Waals surface area contributed by atoms with Crippen LogP contribution in [-0.4, -0.2) is 47.5 Å². The van der Waals surface area contributed by atoms with Crippen LogP contribution in [0.5, 0.6) is 0 Å². The molecule has 0 saturated carbocycles. The molecule has 2 rings (SSSR count). The number of hydrogen-bond donors (Lipinski definition) is 1. The summed E-state index contributed by atoms with van der Waals surface area (Å²) in [5.74, 6) is 0.866. The Morgan fingerprint density at radius 3 is 2.70 bits per heavy atom. The highest BCUT2D eigenvalue weighted by Crippen LogP contribution is 2.15. The summed E-state index contributed by atoms with van der Waals surface area (Å²) in [7, 11) is 1.86. The van der Waals surface area contributed by atoms with Crippen molar-refractivity contribution in [3.05, 3.63) is 23.4 Å². The van der Waals surface area contributed by atoms with Crippen LogP contribution < -0.4 is 10.6 Å². The first-order valence-electron chi connectivity index (χ1n) is 6.75. The van der Waals surface area contributed by atoms with E-state index >= 15 is 0 Å². The molecule has 0 radical (unpaired) electrons. The molecule has 1 saturated heterocycles. The fourth-order valence-electron chi connectivity index (χ4n) is 2.34. The minimum atomic E-state index is 0.144. The molecule has 2 heterocycles. The Morgan fingerprint density at radius 1 is 1.45 bits per heavy atom. The number of anilines is 1. The number of aryl methyl sites for hydroxylation is 1. The maximum absolute atomic E-state index is 12.1. The molecule has 0 atom stereocenters. The number of amides is 1.